The molecule has 0 amide bonds. The number of nitrogens with one attached hydrogen (secondary N) is 2. The summed E-state index contributed by atoms with van der Waals surface area (Å²) in [5.41, 5.74) is 5.46. The van der Waals surface area contributed by atoms with E-state index in [4.69, 9.17) is 30.9 Å². The highest BCUT2D eigenvalue weighted by atomic mass is 35.5. The summed E-state index contributed by atoms with van der Waals surface area (Å²) in [6.07, 6.45) is 2.99. The van der Waals surface area contributed by atoms with E-state index in [2.05, 4.69) is 30.5 Å². The number of pyridine rings is 1. The van der Waals surface area contributed by atoms with Crippen LogP contribution >= 0.6 is 11.6 Å². The molecule has 8 rings (SSSR count). The number of hydrogen-bond acceptors (Lipinski definition) is 13. The van der Waals surface area contributed by atoms with Gasteiger partial charge in [-0.05, 0) is 55.6 Å². The third-order valence-electron chi connectivity index (χ3n) is 11.7. The van der Waals surface area contributed by atoms with E-state index in [1.165, 1.54) is 0 Å². The lowest BCUT2D eigenvalue weighted by Crippen LogP contribution is -2.46. The fourth-order valence-corrected chi connectivity index (χ4v) is 8.67. The lowest BCUT2D eigenvalue weighted by Gasteiger charge is -2.32. The summed E-state index contributed by atoms with van der Waals surface area (Å²) < 4.78 is 47.3. The molecule has 3 aromatic carbocycles. The molecular weight excluding hydrogens is 812 g/mol. The van der Waals surface area contributed by atoms with E-state index in [1.807, 2.05) is 49.5 Å². The number of alkyl halides is 2. The minimum Gasteiger partial charge on any atom is -0.496 e. The molecule has 0 unspecified atom stereocenters. The molecule has 0 spiro atoms. The van der Waals surface area contributed by atoms with E-state index in [9.17, 15) is 24.0 Å². The van der Waals surface area contributed by atoms with Gasteiger partial charge in [-0.15, -0.1) is 0 Å². The number of aliphatic hydroxyl groups is 1. The van der Waals surface area contributed by atoms with E-state index in [0.29, 0.717) is 90.8 Å². The molecule has 2 aliphatic rings. The van der Waals surface area contributed by atoms with Gasteiger partial charge in [-0.3, -0.25) is 20.0 Å². The Morgan fingerprint density at radius 3 is 2.48 bits per heavy atom. The molecule has 61 heavy (non-hydrogen) atoms. The summed E-state index contributed by atoms with van der Waals surface area (Å²) in [4.78, 5) is 26.1. The van der Waals surface area contributed by atoms with Gasteiger partial charge < -0.3 is 30.0 Å². The number of fused-ring (bicyclic) bond motifs is 2. The Morgan fingerprint density at radius 2 is 1.77 bits per heavy atom. The van der Waals surface area contributed by atoms with Crippen molar-refractivity contribution in [1.29, 1.82) is 0 Å². The Labute approximate surface area is 355 Å². The van der Waals surface area contributed by atoms with Gasteiger partial charge in [0.25, 0.3) is 6.43 Å². The second-order valence-electron chi connectivity index (χ2n) is 15.4. The van der Waals surface area contributed by atoms with Crippen LogP contribution in [-0.4, -0.2) is 98.4 Å². The predicted molar refractivity (Wildman–Crippen MR) is 227 cm³/mol. The van der Waals surface area contributed by atoms with Crippen LogP contribution in [0, 0.1) is 10.1 Å². The molecule has 2 atom stereocenters. The molecule has 15 nitrogen and oxygen atoms in total. The van der Waals surface area contributed by atoms with Crippen molar-refractivity contribution in [2.24, 2.45) is 0 Å². The lowest BCUT2D eigenvalue weighted by atomic mass is 9.90. The van der Waals surface area contributed by atoms with Gasteiger partial charge in [-0.25, -0.2) is 23.4 Å². The summed E-state index contributed by atoms with van der Waals surface area (Å²) in [5.74, 6) is 0.600. The van der Waals surface area contributed by atoms with E-state index >= 15 is 0 Å². The fourth-order valence-electron chi connectivity index (χ4n) is 8.39. The lowest BCUT2D eigenvalue weighted by molar-refractivity contribution is -0.526. The summed E-state index contributed by atoms with van der Waals surface area (Å²) in [6.45, 7) is 1.73. The van der Waals surface area contributed by atoms with Gasteiger partial charge in [0.15, 0.2) is 11.6 Å². The summed E-state index contributed by atoms with van der Waals surface area (Å²) in [6, 6.07) is 16.2. The van der Waals surface area contributed by atoms with Gasteiger partial charge in [-0.2, -0.15) is 5.10 Å². The number of nitro groups is 1. The van der Waals surface area contributed by atoms with Gasteiger partial charge in [0.2, 0.25) is 6.04 Å². The molecular formula is C43H46ClF2N9O6. The molecule has 1 saturated carbocycles. The molecule has 3 aromatic heterocycles. The fraction of sp³-hybridized carbons (Fsp3) is 0.395. The maximum absolute atomic E-state index is 14.2. The SMILES string of the molecule is COc1cc(-n2ncc3c(-c4cccc(Nc5nc(C(F)F)nc6cc(CN(C)C7CCC([N+](=O)[O-])CC7)cnc56)c4Cl)cccc32)cc(OC)c1CN[C@@H]1CCOC[C@@H]1O. The van der Waals surface area contributed by atoms with Gasteiger partial charge in [0.05, 0.1) is 66.1 Å². The zero-order valence-electron chi connectivity index (χ0n) is 33.9. The molecule has 3 N–H and O–H groups in total. The van der Waals surface area contributed by atoms with Gasteiger partial charge in [0, 0.05) is 78.8 Å². The second-order valence-corrected chi connectivity index (χ2v) is 15.8. The number of halogens is 3. The Balaban J connectivity index is 1.07. The van der Waals surface area contributed by atoms with Gasteiger partial charge in [0.1, 0.15) is 17.0 Å². The third-order valence-corrected chi connectivity index (χ3v) is 12.1. The second kappa shape index (κ2) is 18.2. The highest BCUT2D eigenvalue weighted by Crippen LogP contribution is 2.40. The zero-order chi connectivity index (χ0) is 42.8. The number of rotatable bonds is 14. The minimum atomic E-state index is -2.94. The number of aliphatic hydroxyl groups excluding tert-OH is 1. The van der Waals surface area contributed by atoms with E-state index in [0.717, 1.165) is 27.6 Å². The molecule has 1 saturated heterocycles. The average Bonchev–Trinajstić information content (AvgIpc) is 3.71. The first-order valence-electron chi connectivity index (χ1n) is 20.1. The molecule has 18 heteroatoms. The van der Waals surface area contributed by atoms with E-state index < -0.39 is 24.4 Å². The highest BCUT2D eigenvalue weighted by molar-refractivity contribution is 6.36. The summed E-state index contributed by atoms with van der Waals surface area (Å²) in [7, 11) is 5.14. The van der Waals surface area contributed by atoms with Crippen molar-refractivity contribution in [3.05, 3.63) is 99.1 Å². The molecule has 2 fully saturated rings. The smallest absolute Gasteiger partial charge is 0.297 e. The van der Waals surface area contributed by atoms with Crippen LogP contribution in [0.1, 0.15) is 55.5 Å². The van der Waals surface area contributed by atoms with Crippen molar-refractivity contribution in [3.8, 4) is 28.3 Å². The van der Waals surface area contributed by atoms with Crippen LogP contribution in [0.4, 0.5) is 20.3 Å². The maximum atomic E-state index is 14.2. The van der Waals surface area contributed by atoms with Gasteiger partial charge >= 0.3 is 0 Å². The largest absolute Gasteiger partial charge is 0.496 e. The van der Waals surface area contributed by atoms with Crippen molar-refractivity contribution < 1.29 is 33.0 Å². The number of aromatic nitrogens is 5. The van der Waals surface area contributed by atoms with Crippen LogP contribution < -0.4 is 20.1 Å². The standard InChI is InChI=1S/C43H46ClF2N9O6/c1-53(25-10-12-26(13-11-25)55(57)58)22-24-16-34-40(48-19-24)42(52-43(51-34)41(45)46)50-33-8-4-7-29(39(33)44)28-6-5-9-35-30(28)21-49-54(35)27-17-37(59-2)31(38(18-27)60-3)20-47-32-14-15-61-23-36(32)56/h4-9,16-19,21,25-26,32,36,41,47,56H,10-15,20,22-23H2,1-3H3,(H,50,51,52)/t25?,26?,32-,36+/m1/s1. The van der Waals surface area contributed by atoms with Crippen molar-refractivity contribution in [2.75, 3.05) is 39.8 Å². The summed E-state index contributed by atoms with van der Waals surface area (Å²) in [5, 5.41) is 34.1. The van der Waals surface area contributed by atoms with Crippen LogP contribution in [0.3, 0.4) is 0 Å². The number of benzene rings is 3. The number of methoxy groups -OCH3 is 2. The highest BCUT2D eigenvalue weighted by Gasteiger charge is 2.31. The molecule has 320 valence electrons. The Bertz CT molecular complexity index is 2530. The Hall–Kier alpha value is -5.59. The summed E-state index contributed by atoms with van der Waals surface area (Å²) >= 11 is 7.14. The normalized spacial score (nSPS) is 19.5. The number of anilines is 2. The molecule has 1 aliphatic heterocycles. The first-order valence-corrected chi connectivity index (χ1v) is 20.5. The third kappa shape index (κ3) is 8.79. The van der Waals surface area contributed by atoms with Crippen LogP contribution in [0.15, 0.2) is 67.0 Å². The first kappa shape index (κ1) is 42.1. The van der Waals surface area contributed by atoms with Crippen molar-refractivity contribution in [1.82, 2.24) is 34.9 Å². The van der Waals surface area contributed by atoms with Crippen LogP contribution in [0.5, 0.6) is 11.5 Å². The van der Waals surface area contributed by atoms with E-state index in [-0.39, 0.29) is 34.9 Å². The van der Waals surface area contributed by atoms with Crippen molar-refractivity contribution >= 4 is 45.0 Å². The maximum Gasteiger partial charge on any atom is 0.297 e. The van der Waals surface area contributed by atoms with Crippen molar-refractivity contribution in [3.63, 3.8) is 0 Å². The number of nitrogens with zero attached hydrogens (tertiary/aromatic N) is 7. The van der Waals surface area contributed by atoms with Crippen LogP contribution in [0.2, 0.25) is 5.02 Å². The quantitative estimate of drug-likeness (QED) is 0.0721. The van der Waals surface area contributed by atoms with Gasteiger partial charge in [-0.1, -0.05) is 35.9 Å². The Morgan fingerprint density at radius 1 is 1.03 bits per heavy atom. The first-order chi connectivity index (χ1) is 29.5. The Kier molecular flexibility index (Phi) is 12.5. The molecule has 6 aromatic rings. The van der Waals surface area contributed by atoms with E-state index in [1.54, 1.807) is 43.4 Å². The topological polar surface area (TPSA) is 175 Å². The van der Waals surface area contributed by atoms with Crippen LogP contribution in [-0.2, 0) is 17.8 Å². The zero-order valence-corrected chi connectivity index (χ0v) is 34.6. The minimum absolute atomic E-state index is 0.0777. The van der Waals surface area contributed by atoms with Crippen molar-refractivity contribution in [2.45, 2.75) is 75.8 Å². The molecule has 4 heterocycles. The molecule has 0 bridgehead atoms. The monoisotopic (exact) mass is 857 g/mol. The average molecular weight is 858 g/mol. The predicted octanol–water partition coefficient (Wildman–Crippen LogP) is 7.64. The van der Waals surface area contributed by atoms with Crippen LogP contribution in [0.25, 0.3) is 38.8 Å². The molecule has 1 aliphatic carbocycles. The molecule has 0 radical (unpaired) electrons. The number of ether oxygens (including phenoxy) is 3. The number of hydrogen-bond donors (Lipinski definition) is 3.